The molecule has 3 rings (SSSR count). The lowest BCUT2D eigenvalue weighted by atomic mass is 10.1. The molecule has 0 atom stereocenters. The van der Waals surface area contributed by atoms with Gasteiger partial charge < -0.3 is 14.7 Å². The van der Waals surface area contributed by atoms with Gasteiger partial charge in [0, 0.05) is 41.2 Å². The first-order valence-electron chi connectivity index (χ1n) is 8.65. The summed E-state index contributed by atoms with van der Waals surface area (Å²) in [4.78, 5) is 27.0. The van der Waals surface area contributed by atoms with Crippen molar-refractivity contribution in [2.75, 3.05) is 0 Å². The van der Waals surface area contributed by atoms with Gasteiger partial charge in [-0.15, -0.1) is 0 Å². The van der Waals surface area contributed by atoms with Crippen molar-refractivity contribution in [2.45, 2.75) is 33.7 Å². The Hall–Kier alpha value is -3.08. The molecule has 5 nitrogen and oxygen atoms in total. The van der Waals surface area contributed by atoms with E-state index in [0.717, 1.165) is 40.0 Å². The number of aromatic nitrogens is 1. The maximum Gasteiger partial charge on any atom is 0.253 e. The van der Waals surface area contributed by atoms with Gasteiger partial charge in [0.1, 0.15) is 11.3 Å². The summed E-state index contributed by atoms with van der Waals surface area (Å²) in [5.74, 6) is 0.595. The number of furan rings is 1. The van der Waals surface area contributed by atoms with Crippen LogP contribution < -0.4 is 10.9 Å². The van der Waals surface area contributed by atoms with Gasteiger partial charge in [0.25, 0.3) is 5.56 Å². The third-order valence-electron chi connectivity index (χ3n) is 4.37. The number of fused-ring (bicyclic) bond motifs is 1. The summed E-state index contributed by atoms with van der Waals surface area (Å²) < 4.78 is 5.82. The second-order valence-electron chi connectivity index (χ2n) is 6.28. The predicted octanol–water partition coefficient (Wildman–Crippen LogP) is 3.63. The van der Waals surface area contributed by atoms with Gasteiger partial charge >= 0.3 is 0 Å². The summed E-state index contributed by atoms with van der Waals surface area (Å²) in [5.41, 5.74) is 3.81. The van der Waals surface area contributed by atoms with E-state index in [1.807, 2.05) is 51.1 Å². The normalized spacial score (nSPS) is 11.3. The van der Waals surface area contributed by atoms with Crippen molar-refractivity contribution in [1.82, 2.24) is 10.3 Å². The van der Waals surface area contributed by atoms with Crippen LogP contribution in [0.5, 0.6) is 0 Å². The van der Waals surface area contributed by atoms with Crippen LogP contribution in [0.1, 0.15) is 35.1 Å². The van der Waals surface area contributed by atoms with E-state index in [1.165, 1.54) is 6.08 Å². The number of aromatic amines is 1. The van der Waals surface area contributed by atoms with Gasteiger partial charge in [-0.05, 0) is 37.6 Å². The first-order chi connectivity index (χ1) is 12.5. The fourth-order valence-electron chi connectivity index (χ4n) is 3.06. The van der Waals surface area contributed by atoms with Gasteiger partial charge in [0.05, 0.1) is 0 Å². The summed E-state index contributed by atoms with van der Waals surface area (Å²) in [6.45, 7) is 5.91. The minimum absolute atomic E-state index is 0.166. The van der Waals surface area contributed by atoms with Gasteiger partial charge in [-0.3, -0.25) is 9.59 Å². The molecule has 0 unspecified atom stereocenters. The molecule has 0 fully saturated rings. The Morgan fingerprint density at radius 2 is 2.04 bits per heavy atom. The summed E-state index contributed by atoms with van der Waals surface area (Å²) in [6.07, 6.45) is 3.99. The largest absolute Gasteiger partial charge is 0.460 e. The van der Waals surface area contributed by atoms with E-state index in [1.54, 1.807) is 6.08 Å². The number of benzene rings is 1. The molecule has 3 aromatic rings. The highest BCUT2D eigenvalue weighted by molar-refractivity contribution is 5.96. The number of para-hydroxylation sites is 1. The molecule has 0 aliphatic carbocycles. The van der Waals surface area contributed by atoms with Crippen LogP contribution in [0, 0.1) is 13.8 Å². The zero-order valence-electron chi connectivity index (χ0n) is 15.2. The lowest BCUT2D eigenvalue weighted by Crippen LogP contribution is -2.26. The van der Waals surface area contributed by atoms with E-state index in [4.69, 9.17) is 4.42 Å². The topological polar surface area (TPSA) is 75.1 Å². The number of pyridine rings is 1. The van der Waals surface area contributed by atoms with Crippen molar-refractivity contribution in [1.29, 1.82) is 0 Å². The van der Waals surface area contributed by atoms with E-state index in [9.17, 15) is 9.59 Å². The van der Waals surface area contributed by atoms with Crippen LogP contribution in [0.15, 0.2) is 45.6 Å². The Morgan fingerprint density at radius 1 is 1.27 bits per heavy atom. The summed E-state index contributed by atoms with van der Waals surface area (Å²) in [7, 11) is 0. The van der Waals surface area contributed by atoms with Crippen molar-refractivity contribution in [3.63, 3.8) is 0 Å². The molecule has 1 aromatic carbocycles. The van der Waals surface area contributed by atoms with Crippen LogP contribution in [0.3, 0.4) is 0 Å². The number of carbonyl (C=O) groups is 1. The number of hydrogen-bond acceptors (Lipinski definition) is 3. The highest BCUT2D eigenvalue weighted by Gasteiger charge is 2.10. The van der Waals surface area contributed by atoms with Crippen LogP contribution in [-0.2, 0) is 17.8 Å². The Bertz CT molecular complexity index is 1040. The lowest BCUT2D eigenvalue weighted by molar-refractivity contribution is -0.116. The Morgan fingerprint density at radius 3 is 2.77 bits per heavy atom. The van der Waals surface area contributed by atoms with Gasteiger partial charge in [0.2, 0.25) is 5.91 Å². The number of H-pyrrole nitrogens is 1. The molecule has 26 heavy (non-hydrogen) atoms. The van der Waals surface area contributed by atoms with E-state index in [0.29, 0.717) is 5.56 Å². The molecule has 0 bridgehead atoms. The van der Waals surface area contributed by atoms with E-state index < -0.39 is 0 Å². The predicted molar refractivity (Wildman–Crippen MR) is 103 cm³/mol. The van der Waals surface area contributed by atoms with Crippen molar-refractivity contribution in [3.8, 4) is 0 Å². The third kappa shape index (κ3) is 3.61. The van der Waals surface area contributed by atoms with Crippen molar-refractivity contribution >= 4 is 23.0 Å². The molecule has 0 aliphatic heterocycles. The summed E-state index contributed by atoms with van der Waals surface area (Å²) >= 11 is 0. The molecule has 134 valence electrons. The number of rotatable bonds is 5. The monoisotopic (exact) mass is 350 g/mol. The summed E-state index contributed by atoms with van der Waals surface area (Å²) in [5, 5.41) is 3.76. The van der Waals surface area contributed by atoms with Gasteiger partial charge in [0.15, 0.2) is 0 Å². The highest BCUT2D eigenvalue weighted by atomic mass is 16.3. The molecule has 5 heteroatoms. The molecule has 0 saturated carbocycles. The quantitative estimate of drug-likeness (QED) is 0.690. The zero-order valence-corrected chi connectivity index (χ0v) is 15.2. The Kier molecular flexibility index (Phi) is 5.07. The molecule has 0 radical (unpaired) electrons. The minimum Gasteiger partial charge on any atom is -0.460 e. The van der Waals surface area contributed by atoms with E-state index in [2.05, 4.69) is 10.3 Å². The first kappa shape index (κ1) is 17.7. The smallest absolute Gasteiger partial charge is 0.253 e. The SMILES string of the molecule is CCc1oc2ccccc2c1/C=C/C(=O)NCc1c(C)cc(C)[nH]c1=O. The van der Waals surface area contributed by atoms with Crippen molar-refractivity contribution < 1.29 is 9.21 Å². The Balaban J connectivity index is 1.76. The lowest BCUT2D eigenvalue weighted by Gasteiger charge is -2.06. The summed E-state index contributed by atoms with van der Waals surface area (Å²) in [6, 6.07) is 9.65. The average molecular weight is 350 g/mol. The Labute approximate surface area is 151 Å². The zero-order chi connectivity index (χ0) is 18.7. The molecule has 2 N–H and O–H groups in total. The number of amides is 1. The molecular weight excluding hydrogens is 328 g/mol. The van der Waals surface area contributed by atoms with E-state index in [-0.39, 0.29) is 18.0 Å². The average Bonchev–Trinajstić information content (AvgIpc) is 2.96. The number of aryl methyl sites for hydroxylation is 3. The molecule has 0 aliphatic rings. The molecule has 1 amide bonds. The van der Waals surface area contributed by atoms with Crippen molar-refractivity contribution in [2.24, 2.45) is 0 Å². The second-order valence-corrected chi connectivity index (χ2v) is 6.28. The molecular formula is C21H22N2O3. The van der Waals surface area contributed by atoms with Crippen LogP contribution in [0.2, 0.25) is 0 Å². The number of carbonyl (C=O) groups excluding carboxylic acids is 1. The molecule has 0 spiro atoms. The van der Waals surface area contributed by atoms with Gasteiger partial charge in [-0.25, -0.2) is 0 Å². The van der Waals surface area contributed by atoms with Crippen LogP contribution in [0.25, 0.3) is 17.0 Å². The van der Waals surface area contributed by atoms with Gasteiger partial charge in [-0.1, -0.05) is 25.1 Å². The van der Waals surface area contributed by atoms with Crippen molar-refractivity contribution in [3.05, 3.63) is 74.9 Å². The standard InChI is InChI=1S/C21H22N2O3/c1-4-18-16(15-7-5-6-8-19(15)26-18)9-10-20(24)22-12-17-13(2)11-14(3)23-21(17)25/h5-11H,4,12H2,1-3H3,(H,22,24)(H,23,25)/b10-9+. The molecule has 2 aromatic heterocycles. The maximum atomic E-state index is 12.2. The number of nitrogens with one attached hydrogen (secondary N) is 2. The first-order valence-corrected chi connectivity index (χ1v) is 8.65. The van der Waals surface area contributed by atoms with Gasteiger partial charge in [-0.2, -0.15) is 0 Å². The fourth-order valence-corrected chi connectivity index (χ4v) is 3.06. The van der Waals surface area contributed by atoms with Crippen LogP contribution in [-0.4, -0.2) is 10.9 Å². The fraction of sp³-hybridized carbons (Fsp3) is 0.238. The highest BCUT2D eigenvalue weighted by Crippen LogP contribution is 2.27. The molecule has 0 saturated heterocycles. The van der Waals surface area contributed by atoms with Crippen LogP contribution >= 0.6 is 0 Å². The molecule has 2 heterocycles. The van der Waals surface area contributed by atoms with Crippen LogP contribution in [0.4, 0.5) is 0 Å². The second kappa shape index (κ2) is 7.44. The third-order valence-corrected chi connectivity index (χ3v) is 4.37. The maximum absolute atomic E-state index is 12.2. The minimum atomic E-state index is -0.253. The van der Waals surface area contributed by atoms with E-state index >= 15 is 0 Å². The number of hydrogen-bond donors (Lipinski definition) is 2.